The Morgan fingerprint density at radius 3 is 3.07 bits per heavy atom. The molecule has 1 aliphatic heterocycles. The number of rotatable bonds is 1. The summed E-state index contributed by atoms with van der Waals surface area (Å²) in [5.41, 5.74) is 0.308. The molecule has 3 rings (SSSR count). The van der Waals surface area contributed by atoms with Crippen molar-refractivity contribution in [3.8, 4) is 0 Å². The predicted octanol–water partition coefficient (Wildman–Crippen LogP) is 1.54. The fraction of sp³-hybridized carbons (Fsp3) is 0.625. The summed E-state index contributed by atoms with van der Waals surface area (Å²) in [6, 6.07) is 1.16. The van der Waals surface area contributed by atoms with E-state index < -0.39 is 22.7 Å². The Balaban J connectivity index is 2.05. The molecule has 1 fully saturated rings. The van der Waals surface area contributed by atoms with Crippen LogP contribution in [-0.2, 0) is 6.54 Å². The highest BCUT2D eigenvalue weighted by Gasteiger charge is 2.71. The first-order valence-electron chi connectivity index (χ1n) is 4.62. The lowest BCUT2D eigenvalue weighted by Gasteiger charge is -2.05. The average molecular weight is 215 g/mol. The molecule has 0 unspecified atom stereocenters. The molecule has 0 saturated heterocycles. The second kappa shape index (κ2) is 2.34. The molecule has 0 aromatic carbocycles. The molecule has 2 atom stereocenters. The zero-order chi connectivity index (χ0) is 10.8. The Hall–Kier alpha value is -1.53. The summed E-state index contributed by atoms with van der Waals surface area (Å²) in [4.78, 5) is 9.79. The van der Waals surface area contributed by atoms with Gasteiger partial charge in [0.1, 0.15) is 0 Å². The van der Waals surface area contributed by atoms with Gasteiger partial charge in [-0.25, -0.2) is 8.78 Å². The lowest BCUT2D eigenvalue weighted by Crippen LogP contribution is -2.10. The van der Waals surface area contributed by atoms with Crippen molar-refractivity contribution in [2.75, 3.05) is 0 Å². The fourth-order valence-electron chi connectivity index (χ4n) is 2.35. The van der Waals surface area contributed by atoms with E-state index in [0.29, 0.717) is 18.7 Å². The Morgan fingerprint density at radius 2 is 2.40 bits per heavy atom. The third-order valence-electron chi connectivity index (χ3n) is 3.16. The van der Waals surface area contributed by atoms with Gasteiger partial charge in [0.25, 0.3) is 5.92 Å². The molecule has 7 heteroatoms. The number of nitro groups is 1. The monoisotopic (exact) mass is 215 g/mol. The maximum atomic E-state index is 13.2. The van der Waals surface area contributed by atoms with Gasteiger partial charge < -0.3 is 10.1 Å². The van der Waals surface area contributed by atoms with E-state index in [2.05, 4.69) is 5.10 Å². The van der Waals surface area contributed by atoms with Crippen LogP contribution in [0.4, 0.5) is 14.6 Å². The number of aromatic nitrogens is 2. The first-order chi connectivity index (χ1) is 7.01. The van der Waals surface area contributed by atoms with Gasteiger partial charge in [-0.2, -0.15) is 4.68 Å². The molecule has 0 spiro atoms. The summed E-state index contributed by atoms with van der Waals surface area (Å²) in [6.45, 7) is 0.347. The number of halogens is 2. The van der Waals surface area contributed by atoms with E-state index >= 15 is 0 Å². The number of hydrogen-bond donors (Lipinski definition) is 0. The molecule has 2 aliphatic rings. The molecule has 1 aliphatic carbocycles. The molecule has 15 heavy (non-hydrogen) atoms. The highest BCUT2D eigenvalue weighted by molar-refractivity contribution is 5.35. The Bertz CT molecular complexity index is 457. The minimum absolute atomic E-state index is 0.308. The van der Waals surface area contributed by atoms with E-state index in [4.69, 9.17) is 0 Å². The molecule has 1 saturated carbocycles. The average Bonchev–Trinajstić information content (AvgIpc) is 2.61. The fourth-order valence-corrected chi connectivity index (χ4v) is 2.35. The van der Waals surface area contributed by atoms with Gasteiger partial charge in [-0.1, -0.05) is 0 Å². The van der Waals surface area contributed by atoms with Gasteiger partial charge in [-0.05, 0) is 11.3 Å². The van der Waals surface area contributed by atoms with Crippen LogP contribution in [0.2, 0.25) is 0 Å². The summed E-state index contributed by atoms with van der Waals surface area (Å²) < 4.78 is 27.7. The topological polar surface area (TPSA) is 61.0 Å². The lowest BCUT2D eigenvalue weighted by atomic mass is 10.1. The molecule has 80 valence electrons. The van der Waals surface area contributed by atoms with E-state index in [1.165, 1.54) is 4.68 Å². The van der Waals surface area contributed by atoms with Crippen LogP contribution in [0.3, 0.4) is 0 Å². The van der Waals surface area contributed by atoms with Gasteiger partial charge in [0.15, 0.2) is 0 Å². The van der Waals surface area contributed by atoms with Crippen molar-refractivity contribution >= 4 is 5.82 Å². The van der Waals surface area contributed by atoms with Crippen molar-refractivity contribution in [2.45, 2.75) is 24.8 Å². The van der Waals surface area contributed by atoms with E-state index in [0.717, 1.165) is 6.07 Å². The lowest BCUT2D eigenvalue weighted by molar-refractivity contribution is -0.389. The standard InChI is InChI=1S/C8H7F2N3O2/c9-8(10)4-1-2-12-5(7(4)8)3-6(11-12)13(14)15/h3-4,7H,1-2H2/t4-,7-/m1/s1. The van der Waals surface area contributed by atoms with E-state index in [9.17, 15) is 18.9 Å². The van der Waals surface area contributed by atoms with Crippen LogP contribution in [0.15, 0.2) is 6.07 Å². The predicted molar refractivity (Wildman–Crippen MR) is 44.7 cm³/mol. The smallest absolute Gasteiger partial charge is 0.358 e. The summed E-state index contributed by atoms with van der Waals surface area (Å²) in [5.74, 6) is -4.52. The third-order valence-corrected chi connectivity index (χ3v) is 3.16. The van der Waals surface area contributed by atoms with E-state index in [1.54, 1.807) is 0 Å². The molecular formula is C8H7F2N3O2. The second-order valence-electron chi connectivity index (χ2n) is 3.96. The molecular weight excluding hydrogens is 208 g/mol. The number of aryl methyl sites for hydroxylation is 1. The van der Waals surface area contributed by atoms with Gasteiger partial charge in [-0.3, -0.25) is 0 Å². The normalized spacial score (nSPS) is 30.5. The van der Waals surface area contributed by atoms with Crippen molar-refractivity contribution in [1.82, 2.24) is 9.78 Å². The zero-order valence-corrected chi connectivity index (χ0v) is 7.56. The van der Waals surface area contributed by atoms with Gasteiger partial charge in [-0.15, -0.1) is 0 Å². The highest BCUT2D eigenvalue weighted by atomic mass is 19.3. The summed E-state index contributed by atoms with van der Waals surface area (Å²) in [6.07, 6.45) is 0.351. The minimum Gasteiger partial charge on any atom is -0.358 e. The molecule has 5 nitrogen and oxygen atoms in total. The number of alkyl halides is 2. The van der Waals surface area contributed by atoms with Crippen molar-refractivity contribution in [3.05, 3.63) is 21.9 Å². The molecule has 0 radical (unpaired) electrons. The maximum absolute atomic E-state index is 13.2. The number of hydrogen-bond acceptors (Lipinski definition) is 3. The van der Waals surface area contributed by atoms with Gasteiger partial charge in [0.2, 0.25) is 0 Å². The van der Waals surface area contributed by atoms with E-state index in [-0.39, 0.29) is 5.82 Å². The number of fused-ring (bicyclic) bond motifs is 3. The SMILES string of the molecule is O=[N+]([O-])c1cc2n(n1)CC[C@@H]1[C@H]2C1(F)F. The van der Waals surface area contributed by atoms with Crippen molar-refractivity contribution in [3.63, 3.8) is 0 Å². The number of nitrogens with zero attached hydrogens (tertiary/aromatic N) is 3. The Kier molecular flexibility index (Phi) is 1.37. The first kappa shape index (κ1) is 8.75. The molecule has 0 N–H and O–H groups in total. The summed E-state index contributed by atoms with van der Waals surface area (Å²) in [5, 5.41) is 14.1. The van der Waals surface area contributed by atoms with Crippen molar-refractivity contribution in [2.24, 2.45) is 5.92 Å². The van der Waals surface area contributed by atoms with Crippen molar-refractivity contribution < 1.29 is 13.7 Å². The van der Waals surface area contributed by atoms with Crippen LogP contribution >= 0.6 is 0 Å². The minimum atomic E-state index is -2.69. The van der Waals surface area contributed by atoms with Crippen LogP contribution in [0.1, 0.15) is 18.0 Å². The van der Waals surface area contributed by atoms with E-state index in [1.807, 2.05) is 0 Å². The first-order valence-corrected chi connectivity index (χ1v) is 4.62. The third kappa shape index (κ3) is 0.974. The highest BCUT2D eigenvalue weighted by Crippen LogP contribution is 2.65. The molecule has 0 amide bonds. The largest absolute Gasteiger partial charge is 0.390 e. The summed E-state index contributed by atoms with van der Waals surface area (Å²) >= 11 is 0. The van der Waals surface area contributed by atoms with Crippen LogP contribution in [0.5, 0.6) is 0 Å². The van der Waals surface area contributed by atoms with Crippen molar-refractivity contribution in [1.29, 1.82) is 0 Å². The molecule has 2 heterocycles. The molecule has 0 bridgehead atoms. The van der Waals surface area contributed by atoms with Gasteiger partial charge >= 0.3 is 5.82 Å². The molecule has 1 aromatic heterocycles. The van der Waals surface area contributed by atoms with Crippen LogP contribution < -0.4 is 0 Å². The van der Waals surface area contributed by atoms with Crippen LogP contribution in [0, 0.1) is 16.0 Å². The van der Waals surface area contributed by atoms with Gasteiger partial charge in [0.05, 0.1) is 29.3 Å². The second-order valence-corrected chi connectivity index (χ2v) is 3.96. The van der Waals surface area contributed by atoms with Crippen LogP contribution in [0.25, 0.3) is 0 Å². The maximum Gasteiger partial charge on any atom is 0.390 e. The summed E-state index contributed by atoms with van der Waals surface area (Å²) in [7, 11) is 0. The van der Waals surface area contributed by atoms with Crippen LogP contribution in [-0.4, -0.2) is 20.6 Å². The zero-order valence-electron chi connectivity index (χ0n) is 7.56. The Labute approximate surface area is 82.8 Å². The Morgan fingerprint density at radius 1 is 1.67 bits per heavy atom. The quantitative estimate of drug-likeness (QED) is 0.527. The molecule has 1 aromatic rings. The van der Waals surface area contributed by atoms with Gasteiger partial charge in [0, 0.05) is 5.92 Å².